The third kappa shape index (κ3) is 6.81. The van der Waals surface area contributed by atoms with Gasteiger partial charge in [-0.15, -0.1) is 16.4 Å². The van der Waals surface area contributed by atoms with Crippen LogP contribution in [0.5, 0.6) is 0 Å². The number of likely N-dealkylation sites (N-methyl/N-ethyl adjacent to an activating group) is 1. The lowest BCUT2D eigenvalue weighted by molar-refractivity contribution is -0.148. The van der Waals surface area contributed by atoms with Gasteiger partial charge in [0.15, 0.2) is 18.1 Å². The van der Waals surface area contributed by atoms with E-state index in [4.69, 9.17) is 4.74 Å². The van der Waals surface area contributed by atoms with Crippen LogP contribution >= 0.6 is 11.3 Å². The Morgan fingerprint density at radius 3 is 2.61 bits per heavy atom. The van der Waals surface area contributed by atoms with E-state index >= 15 is 0 Å². The van der Waals surface area contributed by atoms with Crippen molar-refractivity contribution in [3.05, 3.63) is 64.1 Å². The van der Waals surface area contributed by atoms with Crippen molar-refractivity contribution in [1.29, 1.82) is 0 Å². The first-order chi connectivity index (χ1) is 16.0. The van der Waals surface area contributed by atoms with Gasteiger partial charge in [0, 0.05) is 11.4 Å². The zero-order valence-electron chi connectivity index (χ0n) is 18.3. The molecule has 2 aromatic heterocycles. The lowest BCUT2D eigenvalue weighted by atomic mass is 10.2. The Hall–Kier alpha value is -3.86. The number of amides is 2. The topological polar surface area (TPSA) is 119 Å². The number of hydrogen-bond donors (Lipinski definition) is 1. The van der Waals surface area contributed by atoms with E-state index in [2.05, 4.69) is 20.8 Å². The van der Waals surface area contributed by atoms with E-state index in [0.717, 1.165) is 10.4 Å². The second-order valence-corrected chi connectivity index (χ2v) is 7.95. The predicted octanol–water partition coefficient (Wildman–Crippen LogP) is 1.75. The molecule has 0 radical (unpaired) electrons. The summed E-state index contributed by atoms with van der Waals surface area (Å²) in [6, 6.07) is 12.9. The highest BCUT2D eigenvalue weighted by Gasteiger charge is 2.21. The second-order valence-electron chi connectivity index (χ2n) is 6.92. The number of nitrogens with one attached hydrogen (secondary N) is 1. The average molecular weight is 469 g/mol. The molecule has 33 heavy (non-hydrogen) atoms. The number of tetrazole rings is 1. The number of carbonyl (C=O) groups is 3. The van der Waals surface area contributed by atoms with Gasteiger partial charge in [0.25, 0.3) is 5.91 Å². The molecular weight excluding hydrogens is 444 g/mol. The second kappa shape index (κ2) is 11.7. The Morgan fingerprint density at radius 2 is 1.97 bits per heavy atom. The minimum atomic E-state index is -0.763. The minimum absolute atomic E-state index is 0.0632. The molecule has 0 saturated heterocycles. The summed E-state index contributed by atoms with van der Waals surface area (Å²) in [5.74, 6) is -1.15. The molecule has 2 amide bonds. The summed E-state index contributed by atoms with van der Waals surface area (Å²) in [7, 11) is 0. The van der Waals surface area contributed by atoms with E-state index in [0.29, 0.717) is 18.9 Å². The maximum atomic E-state index is 12.8. The highest BCUT2D eigenvalue weighted by molar-refractivity contribution is 7.09. The monoisotopic (exact) mass is 468 g/mol. The summed E-state index contributed by atoms with van der Waals surface area (Å²) < 4.78 is 6.50. The van der Waals surface area contributed by atoms with Crippen LogP contribution in [0.1, 0.15) is 23.2 Å². The zero-order chi connectivity index (χ0) is 23.6. The molecule has 0 bridgehead atoms. The smallest absolute Gasteiger partial charge is 0.357 e. The number of carbonyl (C=O) groups excluding carboxylic acids is 3. The fourth-order valence-corrected chi connectivity index (χ4v) is 3.51. The zero-order valence-corrected chi connectivity index (χ0v) is 19.1. The molecule has 172 valence electrons. The lowest BCUT2D eigenvalue weighted by Crippen LogP contribution is -2.42. The Kier molecular flexibility index (Phi) is 8.42. The van der Waals surface area contributed by atoms with Gasteiger partial charge in [-0.1, -0.05) is 36.4 Å². The summed E-state index contributed by atoms with van der Waals surface area (Å²) >= 11 is 1.54. The van der Waals surface area contributed by atoms with Gasteiger partial charge in [-0.3, -0.25) is 9.59 Å². The Labute approximate surface area is 194 Å². The standard InChI is InChI=1S/C22H24N6O4S/c1-3-27(14-20(29)23-13-18-10-7-11-33-18)21(30)15-32-22(31)19(28-16(2)24-25-26-28)12-17-8-5-4-6-9-17/h4-12H,3,13-15H2,1-2H3,(H,23,29)/b19-12-. The number of thiophene rings is 1. The average Bonchev–Trinajstić information content (AvgIpc) is 3.50. The summed E-state index contributed by atoms with van der Waals surface area (Å²) in [6.07, 6.45) is 1.58. The van der Waals surface area contributed by atoms with Crippen LogP contribution in [0.2, 0.25) is 0 Å². The summed E-state index contributed by atoms with van der Waals surface area (Å²) in [5.41, 5.74) is 0.802. The summed E-state index contributed by atoms with van der Waals surface area (Å²) in [4.78, 5) is 39.9. The molecule has 0 fully saturated rings. The van der Waals surface area contributed by atoms with Crippen molar-refractivity contribution in [2.45, 2.75) is 20.4 Å². The van der Waals surface area contributed by atoms with E-state index in [1.807, 2.05) is 47.8 Å². The fraction of sp³-hybridized carbons (Fsp3) is 0.273. The van der Waals surface area contributed by atoms with Gasteiger partial charge in [-0.25, -0.2) is 4.79 Å². The van der Waals surface area contributed by atoms with E-state index in [1.165, 1.54) is 20.9 Å². The molecule has 0 aliphatic heterocycles. The van der Waals surface area contributed by atoms with Crippen molar-refractivity contribution < 1.29 is 19.1 Å². The molecule has 2 heterocycles. The number of benzene rings is 1. The quantitative estimate of drug-likeness (QED) is 0.356. The first-order valence-corrected chi connectivity index (χ1v) is 11.1. The van der Waals surface area contributed by atoms with E-state index < -0.39 is 18.5 Å². The molecule has 3 aromatic rings. The van der Waals surface area contributed by atoms with Crippen molar-refractivity contribution >= 4 is 40.9 Å². The van der Waals surface area contributed by atoms with Crippen LogP contribution in [-0.2, 0) is 25.7 Å². The van der Waals surface area contributed by atoms with Crippen molar-refractivity contribution in [2.24, 2.45) is 0 Å². The molecule has 0 aliphatic carbocycles. The van der Waals surface area contributed by atoms with Gasteiger partial charge < -0.3 is 15.0 Å². The molecule has 0 spiro atoms. The van der Waals surface area contributed by atoms with E-state index in [-0.39, 0.29) is 18.1 Å². The minimum Gasteiger partial charge on any atom is -0.451 e. The molecule has 3 rings (SSSR count). The maximum absolute atomic E-state index is 12.8. The molecule has 11 heteroatoms. The number of nitrogens with zero attached hydrogens (tertiary/aromatic N) is 5. The number of rotatable bonds is 10. The molecule has 1 aromatic carbocycles. The first kappa shape index (κ1) is 23.8. The van der Waals surface area contributed by atoms with E-state index in [1.54, 1.807) is 19.9 Å². The number of ether oxygens (including phenoxy) is 1. The van der Waals surface area contributed by atoms with Gasteiger partial charge in [-0.05, 0) is 47.4 Å². The number of esters is 1. The summed E-state index contributed by atoms with van der Waals surface area (Å²) in [6.45, 7) is 3.44. The lowest BCUT2D eigenvalue weighted by Gasteiger charge is -2.20. The molecule has 0 aliphatic rings. The molecular formula is C22H24N6O4S. The van der Waals surface area contributed by atoms with Crippen molar-refractivity contribution in [3.63, 3.8) is 0 Å². The fourth-order valence-electron chi connectivity index (χ4n) is 2.86. The SMILES string of the molecule is CCN(CC(=O)NCc1cccs1)C(=O)COC(=O)/C(=C/c1ccccc1)n1nnnc1C. The van der Waals surface area contributed by atoms with Gasteiger partial charge in [0.2, 0.25) is 5.91 Å². The van der Waals surface area contributed by atoms with Crippen LogP contribution in [0, 0.1) is 6.92 Å². The van der Waals surface area contributed by atoms with Gasteiger partial charge in [0.05, 0.1) is 13.1 Å². The third-order valence-corrected chi connectivity index (χ3v) is 5.48. The Morgan fingerprint density at radius 1 is 1.18 bits per heavy atom. The summed E-state index contributed by atoms with van der Waals surface area (Å²) in [5, 5.41) is 15.9. The normalized spacial score (nSPS) is 11.2. The molecule has 1 N–H and O–H groups in total. The van der Waals surface area contributed by atoms with Crippen molar-refractivity contribution in [2.75, 3.05) is 19.7 Å². The van der Waals surface area contributed by atoms with Crippen LogP contribution in [0.25, 0.3) is 11.8 Å². The van der Waals surface area contributed by atoms with E-state index in [9.17, 15) is 14.4 Å². The maximum Gasteiger partial charge on any atom is 0.357 e. The van der Waals surface area contributed by atoms with Gasteiger partial charge in [-0.2, -0.15) is 4.68 Å². The highest BCUT2D eigenvalue weighted by Crippen LogP contribution is 2.14. The third-order valence-electron chi connectivity index (χ3n) is 4.60. The van der Waals surface area contributed by atoms with Crippen LogP contribution in [-0.4, -0.2) is 62.6 Å². The number of hydrogen-bond acceptors (Lipinski definition) is 8. The van der Waals surface area contributed by atoms with Gasteiger partial charge >= 0.3 is 5.97 Å². The number of aromatic nitrogens is 4. The molecule has 10 nitrogen and oxygen atoms in total. The molecule has 0 saturated carbocycles. The Bertz CT molecular complexity index is 1110. The van der Waals surface area contributed by atoms with Crippen molar-refractivity contribution in [3.8, 4) is 0 Å². The van der Waals surface area contributed by atoms with Crippen LogP contribution in [0.15, 0.2) is 47.8 Å². The highest BCUT2D eigenvalue weighted by atomic mass is 32.1. The Balaban J connectivity index is 1.61. The predicted molar refractivity (Wildman–Crippen MR) is 123 cm³/mol. The largest absolute Gasteiger partial charge is 0.451 e. The van der Waals surface area contributed by atoms with Crippen molar-refractivity contribution in [1.82, 2.24) is 30.4 Å². The number of aryl methyl sites for hydroxylation is 1. The van der Waals surface area contributed by atoms with Crippen LogP contribution < -0.4 is 5.32 Å². The molecule has 0 unspecified atom stereocenters. The van der Waals surface area contributed by atoms with Gasteiger partial charge in [0.1, 0.15) is 0 Å². The first-order valence-electron chi connectivity index (χ1n) is 10.2. The van der Waals surface area contributed by atoms with Crippen LogP contribution in [0.3, 0.4) is 0 Å². The van der Waals surface area contributed by atoms with Crippen LogP contribution in [0.4, 0.5) is 0 Å². The molecule has 0 atom stereocenters.